The second kappa shape index (κ2) is 9.48. The molecule has 0 spiro atoms. The van der Waals surface area contributed by atoms with Crippen LogP contribution in [0, 0.1) is 0 Å². The summed E-state index contributed by atoms with van der Waals surface area (Å²) in [7, 11) is 0. The highest BCUT2D eigenvalue weighted by atomic mass is 35.5. The van der Waals surface area contributed by atoms with Gasteiger partial charge in [-0.2, -0.15) is 0 Å². The zero-order valence-corrected chi connectivity index (χ0v) is 9.18. The van der Waals surface area contributed by atoms with Gasteiger partial charge in [-0.25, -0.2) is 4.79 Å². The van der Waals surface area contributed by atoms with Gasteiger partial charge in [0, 0.05) is 6.54 Å². The van der Waals surface area contributed by atoms with Gasteiger partial charge in [-0.15, -0.1) is 18.2 Å². The third-order valence-electron chi connectivity index (χ3n) is 1.37. The van der Waals surface area contributed by atoms with Crippen LogP contribution >= 0.6 is 11.6 Å². The molecule has 0 atom stereocenters. The van der Waals surface area contributed by atoms with E-state index in [0.29, 0.717) is 19.8 Å². The van der Waals surface area contributed by atoms with Crippen molar-refractivity contribution in [3.63, 3.8) is 0 Å². The molecule has 0 saturated heterocycles. The summed E-state index contributed by atoms with van der Waals surface area (Å²) in [6, 6.07) is -0.562. The predicted octanol–water partition coefficient (Wildman–Crippen LogP) is 0.644. The SMILES string of the molecule is C=CCCOCCNC(=O)NC(=O)CCl. The van der Waals surface area contributed by atoms with Gasteiger partial charge in [-0.05, 0) is 6.42 Å². The van der Waals surface area contributed by atoms with Gasteiger partial charge in [-0.1, -0.05) is 6.08 Å². The molecule has 86 valence electrons. The van der Waals surface area contributed by atoms with E-state index in [1.54, 1.807) is 6.08 Å². The van der Waals surface area contributed by atoms with Crippen molar-refractivity contribution in [3.05, 3.63) is 12.7 Å². The molecule has 6 heteroatoms. The molecular formula is C9H15ClN2O3. The van der Waals surface area contributed by atoms with E-state index in [-0.39, 0.29) is 5.88 Å². The quantitative estimate of drug-likeness (QED) is 0.386. The number of amides is 3. The van der Waals surface area contributed by atoms with Crippen molar-refractivity contribution >= 4 is 23.5 Å². The summed E-state index contributed by atoms with van der Waals surface area (Å²) in [6.07, 6.45) is 2.52. The normalized spacial score (nSPS) is 9.40. The number of hydrogen-bond acceptors (Lipinski definition) is 3. The van der Waals surface area contributed by atoms with Crippen molar-refractivity contribution in [1.82, 2.24) is 10.6 Å². The van der Waals surface area contributed by atoms with E-state index >= 15 is 0 Å². The number of nitrogens with one attached hydrogen (secondary N) is 2. The monoisotopic (exact) mass is 234 g/mol. The van der Waals surface area contributed by atoms with Gasteiger partial charge < -0.3 is 10.1 Å². The van der Waals surface area contributed by atoms with Crippen LogP contribution in [0.5, 0.6) is 0 Å². The lowest BCUT2D eigenvalue weighted by Crippen LogP contribution is -2.41. The second-order valence-corrected chi connectivity index (χ2v) is 2.89. The molecule has 0 aromatic carbocycles. The Bertz CT molecular complexity index is 221. The average Bonchev–Trinajstić information content (AvgIpc) is 2.23. The first-order valence-electron chi connectivity index (χ1n) is 4.53. The van der Waals surface area contributed by atoms with E-state index in [0.717, 1.165) is 6.42 Å². The van der Waals surface area contributed by atoms with Crippen LogP contribution in [0.2, 0.25) is 0 Å². The fourth-order valence-corrected chi connectivity index (χ4v) is 0.777. The second-order valence-electron chi connectivity index (χ2n) is 2.63. The van der Waals surface area contributed by atoms with Crippen molar-refractivity contribution in [2.45, 2.75) is 6.42 Å². The van der Waals surface area contributed by atoms with Crippen LogP contribution in [-0.4, -0.2) is 37.6 Å². The zero-order valence-electron chi connectivity index (χ0n) is 8.42. The molecule has 0 unspecified atom stereocenters. The van der Waals surface area contributed by atoms with Crippen LogP contribution in [0.1, 0.15) is 6.42 Å². The molecule has 0 fully saturated rings. The molecule has 0 aromatic rings. The van der Waals surface area contributed by atoms with E-state index < -0.39 is 11.9 Å². The van der Waals surface area contributed by atoms with Gasteiger partial charge in [0.1, 0.15) is 5.88 Å². The molecule has 3 amide bonds. The Labute approximate surface area is 93.8 Å². The van der Waals surface area contributed by atoms with Crippen molar-refractivity contribution in [3.8, 4) is 0 Å². The predicted molar refractivity (Wildman–Crippen MR) is 57.9 cm³/mol. The number of carbonyl (C=O) groups excluding carboxylic acids is 2. The van der Waals surface area contributed by atoms with Crippen LogP contribution in [0.3, 0.4) is 0 Å². The van der Waals surface area contributed by atoms with Gasteiger partial charge in [0.15, 0.2) is 0 Å². The van der Waals surface area contributed by atoms with Crippen molar-refractivity contribution in [2.24, 2.45) is 0 Å². The Hall–Kier alpha value is -1.07. The molecule has 15 heavy (non-hydrogen) atoms. The van der Waals surface area contributed by atoms with Crippen molar-refractivity contribution in [2.75, 3.05) is 25.6 Å². The summed E-state index contributed by atoms with van der Waals surface area (Å²) in [4.78, 5) is 21.6. The number of hydrogen-bond donors (Lipinski definition) is 2. The molecule has 0 aliphatic rings. The van der Waals surface area contributed by atoms with Crippen LogP contribution in [0.25, 0.3) is 0 Å². The molecule has 0 heterocycles. The number of urea groups is 1. The lowest BCUT2D eigenvalue weighted by Gasteiger charge is -2.05. The van der Waals surface area contributed by atoms with E-state index in [2.05, 4.69) is 11.9 Å². The summed E-state index contributed by atoms with van der Waals surface area (Å²) in [5.41, 5.74) is 0. The van der Waals surface area contributed by atoms with Crippen LogP contribution in [0.15, 0.2) is 12.7 Å². The molecular weight excluding hydrogens is 220 g/mol. The van der Waals surface area contributed by atoms with Gasteiger partial charge in [0.25, 0.3) is 0 Å². The summed E-state index contributed by atoms with van der Waals surface area (Å²) in [5.74, 6) is -0.759. The highest BCUT2D eigenvalue weighted by Crippen LogP contribution is 1.81. The molecule has 0 bridgehead atoms. The largest absolute Gasteiger partial charge is 0.379 e. The van der Waals surface area contributed by atoms with E-state index in [9.17, 15) is 9.59 Å². The Morgan fingerprint density at radius 1 is 1.40 bits per heavy atom. The number of imide groups is 1. The maximum absolute atomic E-state index is 10.9. The summed E-state index contributed by atoms with van der Waals surface area (Å²) < 4.78 is 5.13. The number of halogens is 1. The Morgan fingerprint density at radius 3 is 2.73 bits per heavy atom. The number of alkyl halides is 1. The summed E-state index contributed by atoms with van der Waals surface area (Å²) in [5, 5.41) is 4.48. The van der Waals surface area contributed by atoms with E-state index in [1.807, 2.05) is 5.32 Å². The van der Waals surface area contributed by atoms with E-state index in [4.69, 9.17) is 16.3 Å². The Balaban J connectivity index is 3.31. The molecule has 5 nitrogen and oxygen atoms in total. The minimum absolute atomic E-state index is 0.233. The van der Waals surface area contributed by atoms with Crippen molar-refractivity contribution < 1.29 is 14.3 Å². The van der Waals surface area contributed by atoms with Gasteiger partial charge in [0.2, 0.25) is 5.91 Å². The zero-order chi connectivity index (χ0) is 11.5. The fraction of sp³-hybridized carbons (Fsp3) is 0.556. The van der Waals surface area contributed by atoms with Gasteiger partial charge in [0.05, 0.1) is 13.2 Å². The number of rotatable bonds is 7. The lowest BCUT2D eigenvalue weighted by molar-refractivity contribution is -0.117. The third-order valence-corrected chi connectivity index (χ3v) is 1.62. The van der Waals surface area contributed by atoms with Crippen LogP contribution < -0.4 is 10.6 Å². The molecule has 0 aliphatic heterocycles. The Morgan fingerprint density at radius 2 is 2.13 bits per heavy atom. The molecule has 0 rings (SSSR count). The highest BCUT2D eigenvalue weighted by Gasteiger charge is 2.04. The highest BCUT2D eigenvalue weighted by molar-refractivity contribution is 6.28. The van der Waals surface area contributed by atoms with Gasteiger partial charge in [-0.3, -0.25) is 10.1 Å². The fourth-order valence-electron chi connectivity index (χ4n) is 0.710. The number of carbonyl (C=O) groups is 2. The molecule has 0 aromatic heterocycles. The van der Waals surface area contributed by atoms with Crippen molar-refractivity contribution in [1.29, 1.82) is 0 Å². The summed E-state index contributed by atoms with van der Waals surface area (Å²) >= 11 is 5.19. The third kappa shape index (κ3) is 9.24. The van der Waals surface area contributed by atoms with Gasteiger partial charge >= 0.3 is 6.03 Å². The summed E-state index contributed by atoms with van der Waals surface area (Å²) in [6.45, 7) is 4.86. The van der Waals surface area contributed by atoms with Crippen LogP contribution in [0.4, 0.5) is 4.79 Å². The minimum Gasteiger partial charge on any atom is -0.379 e. The maximum Gasteiger partial charge on any atom is 0.321 e. The smallest absolute Gasteiger partial charge is 0.321 e. The first-order chi connectivity index (χ1) is 7.20. The molecule has 0 radical (unpaired) electrons. The molecule has 0 aliphatic carbocycles. The van der Waals surface area contributed by atoms with Crippen LogP contribution in [-0.2, 0) is 9.53 Å². The lowest BCUT2D eigenvalue weighted by atomic mass is 10.4. The first-order valence-corrected chi connectivity index (χ1v) is 5.06. The Kier molecular flexibility index (Phi) is 8.81. The maximum atomic E-state index is 10.9. The molecule has 2 N–H and O–H groups in total. The van der Waals surface area contributed by atoms with E-state index in [1.165, 1.54) is 0 Å². The number of ether oxygens (including phenoxy) is 1. The first kappa shape index (κ1) is 13.9. The average molecular weight is 235 g/mol. The standard InChI is InChI=1S/C9H15ClN2O3/c1-2-3-5-15-6-4-11-9(14)12-8(13)7-10/h2H,1,3-7H2,(H2,11,12,13,14). The minimum atomic E-state index is -0.562. The topological polar surface area (TPSA) is 67.4 Å². The molecule has 0 saturated carbocycles.